The lowest BCUT2D eigenvalue weighted by atomic mass is 10.5. The molecule has 0 spiro atoms. The van der Waals surface area contributed by atoms with E-state index in [1.807, 2.05) is 0 Å². The molecule has 4 nitrogen and oxygen atoms in total. The van der Waals surface area contributed by atoms with Crippen LogP contribution in [0.15, 0.2) is 23.2 Å². The molecular formula is C6H6FNO3S. The van der Waals surface area contributed by atoms with Crippen molar-refractivity contribution < 1.29 is 17.0 Å². The smallest absolute Gasteiger partial charge is 0.349 e. The van der Waals surface area contributed by atoms with Crippen LogP contribution in [0, 0.1) is 0 Å². The maximum absolute atomic E-state index is 12.3. The SMILES string of the molecule is COc1cccc(S(=O)(=O)F)n1. The minimum absolute atomic E-state index is 0.0636. The van der Waals surface area contributed by atoms with E-state index in [0.717, 1.165) is 6.07 Å². The van der Waals surface area contributed by atoms with Gasteiger partial charge in [-0.2, -0.15) is 13.4 Å². The van der Waals surface area contributed by atoms with E-state index in [4.69, 9.17) is 0 Å². The van der Waals surface area contributed by atoms with Gasteiger partial charge in [0.15, 0.2) is 5.03 Å². The largest absolute Gasteiger partial charge is 0.481 e. The fourth-order valence-corrected chi connectivity index (χ4v) is 1.09. The molecule has 0 fully saturated rings. The van der Waals surface area contributed by atoms with Crippen molar-refractivity contribution >= 4 is 10.2 Å². The molecule has 0 N–H and O–H groups in total. The van der Waals surface area contributed by atoms with Crippen LogP contribution >= 0.6 is 0 Å². The minimum atomic E-state index is -4.73. The number of halogens is 1. The monoisotopic (exact) mass is 191 g/mol. The second kappa shape index (κ2) is 3.06. The molecule has 1 rings (SSSR count). The summed E-state index contributed by atoms with van der Waals surface area (Å²) >= 11 is 0. The zero-order valence-electron chi connectivity index (χ0n) is 6.19. The number of aromatic nitrogens is 1. The molecular weight excluding hydrogens is 185 g/mol. The molecule has 1 heterocycles. The van der Waals surface area contributed by atoms with Crippen LogP contribution in [-0.2, 0) is 10.2 Å². The maximum atomic E-state index is 12.3. The molecule has 0 atom stereocenters. The third-order valence-electron chi connectivity index (χ3n) is 1.16. The zero-order chi connectivity index (χ0) is 9.19. The van der Waals surface area contributed by atoms with Crippen LogP contribution < -0.4 is 4.74 Å². The fraction of sp³-hybridized carbons (Fsp3) is 0.167. The van der Waals surface area contributed by atoms with Crippen molar-refractivity contribution in [3.8, 4) is 5.88 Å². The molecule has 12 heavy (non-hydrogen) atoms. The number of pyridine rings is 1. The van der Waals surface area contributed by atoms with E-state index in [1.165, 1.54) is 19.2 Å². The first-order chi connectivity index (χ1) is 5.54. The molecule has 0 aromatic carbocycles. The summed E-state index contributed by atoms with van der Waals surface area (Å²) in [6, 6.07) is 3.82. The Morgan fingerprint density at radius 1 is 1.50 bits per heavy atom. The molecule has 0 aliphatic carbocycles. The average molecular weight is 191 g/mol. The number of rotatable bonds is 2. The number of hydrogen-bond donors (Lipinski definition) is 0. The maximum Gasteiger partial charge on any atom is 0.349 e. The topological polar surface area (TPSA) is 56.3 Å². The summed E-state index contributed by atoms with van der Waals surface area (Å²) in [5.74, 6) is 0.0636. The Bertz CT molecular complexity index is 376. The van der Waals surface area contributed by atoms with Gasteiger partial charge in [-0.3, -0.25) is 0 Å². The predicted molar refractivity (Wildman–Crippen MR) is 39.1 cm³/mol. The van der Waals surface area contributed by atoms with Crippen LogP contribution in [0.25, 0.3) is 0 Å². The van der Waals surface area contributed by atoms with E-state index in [9.17, 15) is 12.3 Å². The molecule has 6 heteroatoms. The van der Waals surface area contributed by atoms with E-state index in [1.54, 1.807) is 0 Å². The lowest BCUT2D eigenvalue weighted by Crippen LogP contribution is -1.97. The van der Waals surface area contributed by atoms with Crippen molar-refractivity contribution in [3.63, 3.8) is 0 Å². The summed E-state index contributed by atoms with van der Waals surface area (Å²) in [7, 11) is -3.41. The normalized spacial score (nSPS) is 11.2. The number of methoxy groups -OCH3 is 1. The van der Waals surface area contributed by atoms with Crippen molar-refractivity contribution in [1.29, 1.82) is 0 Å². The van der Waals surface area contributed by atoms with Gasteiger partial charge in [-0.25, -0.2) is 0 Å². The van der Waals surface area contributed by atoms with E-state index in [0.29, 0.717) is 0 Å². The molecule has 1 aromatic rings. The lowest BCUT2D eigenvalue weighted by molar-refractivity contribution is 0.393. The standard InChI is InChI=1S/C6H6FNO3S/c1-11-5-3-2-4-6(8-5)12(7,9)10/h2-4H,1H3. The first-order valence-corrected chi connectivity index (χ1v) is 4.38. The van der Waals surface area contributed by atoms with Crippen molar-refractivity contribution in [1.82, 2.24) is 4.98 Å². The van der Waals surface area contributed by atoms with Crippen molar-refractivity contribution in [2.45, 2.75) is 5.03 Å². The van der Waals surface area contributed by atoms with Crippen LogP contribution in [0.4, 0.5) is 3.89 Å². The molecule has 0 bridgehead atoms. The van der Waals surface area contributed by atoms with Crippen molar-refractivity contribution in [2.24, 2.45) is 0 Å². The number of nitrogens with zero attached hydrogens (tertiary/aromatic N) is 1. The number of ether oxygens (including phenoxy) is 1. The Labute approximate surface area is 69.2 Å². The van der Waals surface area contributed by atoms with Gasteiger partial charge in [0.05, 0.1) is 7.11 Å². The Hall–Kier alpha value is -1.17. The van der Waals surface area contributed by atoms with Gasteiger partial charge < -0.3 is 4.74 Å². The van der Waals surface area contributed by atoms with Crippen LogP contribution in [0.5, 0.6) is 5.88 Å². The molecule has 66 valence electrons. The van der Waals surface area contributed by atoms with Gasteiger partial charge in [-0.05, 0) is 6.07 Å². The van der Waals surface area contributed by atoms with Crippen LogP contribution in [0.3, 0.4) is 0 Å². The highest BCUT2D eigenvalue weighted by molar-refractivity contribution is 7.86. The van der Waals surface area contributed by atoms with E-state index < -0.39 is 15.2 Å². The first-order valence-electron chi connectivity index (χ1n) is 3.00. The summed E-state index contributed by atoms with van der Waals surface area (Å²) in [4.78, 5) is 3.38. The molecule has 0 aliphatic heterocycles. The Kier molecular flexibility index (Phi) is 2.27. The Balaban J connectivity index is 3.20. The molecule has 0 unspecified atom stereocenters. The Morgan fingerprint density at radius 2 is 2.17 bits per heavy atom. The van der Waals surface area contributed by atoms with Gasteiger partial charge in [0.1, 0.15) is 0 Å². The van der Waals surface area contributed by atoms with Crippen LogP contribution in [0.1, 0.15) is 0 Å². The van der Waals surface area contributed by atoms with E-state index in [2.05, 4.69) is 9.72 Å². The average Bonchev–Trinajstić information content (AvgIpc) is 2.03. The quantitative estimate of drug-likeness (QED) is 0.647. The van der Waals surface area contributed by atoms with Crippen molar-refractivity contribution in [2.75, 3.05) is 7.11 Å². The summed E-state index contributed by atoms with van der Waals surface area (Å²) in [6.45, 7) is 0. The second-order valence-electron chi connectivity index (χ2n) is 1.96. The van der Waals surface area contributed by atoms with E-state index >= 15 is 0 Å². The predicted octanol–water partition coefficient (Wildman–Crippen LogP) is 0.748. The first kappa shape index (κ1) is 8.92. The van der Waals surface area contributed by atoms with Gasteiger partial charge in [0.25, 0.3) is 0 Å². The highest BCUT2D eigenvalue weighted by Crippen LogP contribution is 2.12. The van der Waals surface area contributed by atoms with Gasteiger partial charge in [-0.1, -0.05) is 9.95 Å². The van der Waals surface area contributed by atoms with Crippen LogP contribution in [-0.4, -0.2) is 20.5 Å². The molecule has 0 saturated heterocycles. The zero-order valence-corrected chi connectivity index (χ0v) is 7.01. The van der Waals surface area contributed by atoms with Gasteiger partial charge >= 0.3 is 10.2 Å². The lowest BCUT2D eigenvalue weighted by Gasteiger charge is -1.98. The van der Waals surface area contributed by atoms with Crippen LogP contribution in [0.2, 0.25) is 0 Å². The molecule has 0 amide bonds. The Morgan fingerprint density at radius 3 is 2.67 bits per heavy atom. The molecule has 1 aromatic heterocycles. The summed E-state index contributed by atoms with van der Waals surface area (Å²) < 4.78 is 37.5. The van der Waals surface area contributed by atoms with Gasteiger partial charge in [-0.15, -0.1) is 0 Å². The minimum Gasteiger partial charge on any atom is -0.481 e. The number of hydrogen-bond acceptors (Lipinski definition) is 4. The summed E-state index contributed by atoms with van der Waals surface area (Å²) in [6.07, 6.45) is 0. The second-order valence-corrected chi connectivity index (χ2v) is 3.25. The van der Waals surface area contributed by atoms with E-state index in [-0.39, 0.29) is 5.88 Å². The van der Waals surface area contributed by atoms with Gasteiger partial charge in [0, 0.05) is 6.07 Å². The third-order valence-corrected chi connectivity index (χ3v) is 1.88. The summed E-state index contributed by atoms with van der Waals surface area (Å²) in [5, 5.41) is -0.637. The third kappa shape index (κ3) is 1.91. The molecule has 0 radical (unpaired) electrons. The molecule has 0 saturated carbocycles. The fourth-order valence-electron chi connectivity index (χ4n) is 0.645. The molecule has 0 aliphatic rings. The summed E-state index contributed by atoms with van der Waals surface area (Å²) in [5.41, 5.74) is 0. The highest BCUT2D eigenvalue weighted by Gasteiger charge is 2.13. The highest BCUT2D eigenvalue weighted by atomic mass is 32.3. The van der Waals surface area contributed by atoms with Gasteiger partial charge in [0.2, 0.25) is 5.88 Å². The van der Waals surface area contributed by atoms with Crippen molar-refractivity contribution in [3.05, 3.63) is 18.2 Å².